The Morgan fingerprint density at radius 3 is 3.00 bits per heavy atom. The van der Waals surface area contributed by atoms with Crippen molar-refractivity contribution in [3.8, 4) is 0 Å². The third-order valence-electron chi connectivity index (χ3n) is 2.76. The summed E-state index contributed by atoms with van der Waals surface area (Å²) < 4.78 is 0. The SMILES string of the molecule is CC1CC(=S)Nc2ccc(Cl)cc2N1C. The second-order valence-electron chi connectivity index (χ2n) is 3.87. The lowest BCUT2D eigenvalue weighted by Gasteiger charge is -2.25. The van der Waals surface area contributed by atoms with Gasteiger partial charge < -0.3 is 10.2 Å². The number of halogens is 1. The molecule has 1 aromatic rings. The number of benzene rings is 1. The van der Waals surface area contributed by atoms with E-state index >= 15 is 0 Å². The van der Waals surface area contributed by atoms with Crippen LogP contribution in [0.25, 0.3) is 0 Å². The predicted octanol–water partition coefficient (Wildman–Crippen LogP) is 3.31. The number of hydrogen-bond donors (Lipinski definition) is 1. The van der Waals surface area contributed by atoms with Crippen molar-refractivity contribution >= 4 is 40.2 Å². The molecule has 0 spiro atoms. The van der Waals surface area contributed by atoms with Crippen molar-refractivity contribution in [3.05, 3.63) is 23.2 Å². The zero-order valence-corrected chi connectivity index (χ0v) is 10.3. The van der Waals surface area contributed by atoms with Gasteiger partial charge in [-0.2, -0.15) is 0 Å². The van der Waals surface area contributed by atoms with Crippen molar-refractivity contribution < 1.29 is 0 Å². The summed E-state index contributed by atoms with van der Waals surface area (Å²) in [6.07, 6.45) is 0.873. The summed E-state index contributed by atoms with van der Waals surface area (Å²) in [5.74, 6) is 0. The van der Waals surface area contributed by atoms with Crippen LogP contribution in [0.2, 0.25) is 5.02 Å². The van der Waals surface area contributed by atoms with E-state index in [0.29, 0.717) is 6.04 Å². The molecule has 0 fully saturated rings. The Kier molecular flexibility index (Phi) is 2.85. The van der Waals surface area contributed by atoms with Gasteiger partial charge in [-0.3, -0.25) is 0 Å². The minimum absolute atomic E-state index is 0.393. The van der Waals surface area contributed by atoms with E-state index in [-0.39, 0.29) is 0 Å². The van der Waals surface area contributed by atoms with Gasteiger partial charge in [0.05, 0.1) is 16.4 Å². The van der Waals surface area contributed by atoms with E-state index < -0.39 is 0 Å². The Bertz CT molecular complexity index is 406. The molecule has 1 heterocycles. The quantitative estimate of drug-likeness (QED) is 0.701. The van der Waals surface area contributed by atoms with Crippen LogP contribution < -0.4 is 10.2 Å². The Morgan fingerprint density at radius 2 is 2.27 bits per heavy atom. The van der Waals surface area contributed by atoms with Gasteiger partial charge in [0.2, 0.25) is 0 Å². The van der Waals surface area contributed by atoms with E-state index in [2.05, 4.69) is 24.2 Å². The molecule has 1 aromatic carbocycles. The van der Waals surface area contributed by atoms with Crippen LogP contribution in [0.4, 0.5) is 11.4 Å². The summed E-state index contributed by atoms with van der Waals surface area (Å²) in [7, 11) is 2.06. The highest BCUT2D eigenvalue weighted by molar-refractivity contribution is 7.80. The lowest BCUT2D eigenvalue weighted by Crippen LogP contribution is -2.29. The van der Waals surface area contributed by atoms with E-state index in [1.54, 1.807) is 0 Å². The van der Waals surface area contributed by atoms with Crippen molar-refractivity contribution in [1.29, 1.82) is 0 Å². The van der Waals surface area contributed by atoms with Crippen molar-refractivity contribution in [1.82, 2.24) is 0 Å². The molecule has 0 amide bonds. The smallest absolute Gasteiger partial charge is 0.0818 e. The maximum absolute atomic E-state index is 5.99. The van der Waals surface area contributed by atoms with Gasteiger partial charge >= 0.3 is 0 Å². The molecule has 0 saturated heterocycles. The third kappa shape index (κ3) is 2.08. The number of thiocarbonyl (C=S) groups is 1. The number of nitrogens with one attached hydrogen (secondary N) is 1. The molecule has 1 unspecified atom stereocenters. The maximum Gasteiger partial charge on any atom is 0.0818 e. The Balaban J connectivity index is 2.50. The summed E-state index contributed by atoms with van der Waals surface area (Å²) in [5.41, 5.74) is 2.14. The van der Waals surface area contributed by atoms with Gasteiger partial charge in [-0.25, -0.2) is 0 Å². The standard InChI is InChI=1S/C11H13ClN2S/c1-7-5-11(15)13-9-4-3-8(12)6-10(9)14(7)2/h3-4,6-7H,5H2,1-2H3,(H,13,15). The monoisotopic (exact) mass is 240 g/mol. The van der Waals surface area contributed by atoms with Crippen LogP contribution in [0.15, 0.2) is 18.2 Å². The van der Waals surface area contributed by atoms with Gasteiger partial charge in [0.15, 0.2) is 0 Å². The molecule has 80 valence electrons. The first-order chi connectivity index (χ1) is 7.08. The van der Waals surface area contributed by atoms with Gasteiger partial charge in [-0.1, -0.05) is 23.8 Å². The van der Waals surface area contributed by atoms with Crippen LogP contribution in [0.1, 0.15) is 13.3 Å². The van der Waals surface area contributed by atoms with E-state index in [0.717, 1.165) is 27.8 Å². The Morgan fingerprint density at radius 1 is 1.53 bits per heavy atom. The first-order valence-corrected chi connectivity index (χ1v) is 5.69. The fraction of sp³-hybridized carbons (Fsp3) is 0.364. The van der Waals surface area contributed by atoms with Crippen molar-refractivity contribution in [2.45, 2.75) is 19.4 Å². The summed E-state index contributed by atoms with van der Waals surface area (Å²) in [5, 5.41) is 3.99. The average molecular weight is 241 g/mol. The summed E-state index contributed by atoms with van der Waals surface area (Å²) >= 11 is 11.3. The number of anilines is 2. The second-order valence-corrected chi connectivity index (χ2v) is 4.80. The summed E-state index contributed by atoms with van der Waals surface area (Å²) in [6, 6.07) is 6.21. The molecule has 15 heavy (non-hydrogen) atoms. The van der Waals surface area contributed by atoms with Crippen molar-refractivity contribution in [3.63, 3.8) is 0 Å². The number of rotatable bonds is 0. The van der Waals surface area contributed by atoms with E-state index in [1.165, 1.54) is 0 Å². The zero-order chi connectivity index (χ0) is 11.0. The Labute approximate surface area is 100 Å². The maximum atomic E-state index is 5.99. The number of hydrogen-bond acceptors (Lipinski definition) is 2. The minimum atomic E-state index is 0.393. The van der Waals surface area contributed by atoms with E-state index in [1.807, 2.05) is 18.2 Å². The predicted molar refractivity (Wildman–Crippen MR) is 70.2 cm³/mol. The lowest BCUT2D eigenvalue weighted by molar-refractivity contribution is 0.722. The molecule has 1 atom stereocenters. The molecule has 1 aliphatic rings. The molecule has 0 saturated carbocycles. The zero-order valence-electron chi connectivity index (χ0n) is 8.75. The molecule has 1 N–H and O–H groups in total. The van der Waals surface area contributed by atoms with Crippen LogP contribution >= 0.6 is 23.8 Å². The number of nitrogens with zero attached hydrogens (tertiary/aromatic N) is 1. The second kappa shape index (κ2) is 3.99. The molecule has 0 bridgehead atoms. The van der Waals surface area contributed by atoms with Crippen LogP contribution in [-0.2, 0) is 0 Å². The molecule has 2 rings (SSSR count). The van der Waals surface area contributed by atoms with Crippen molar-refractivity contribution in [2.24, 2.45) is 0 Å². The third-order valence-corrected chi connectivity index (χ3v) is 3.26. The van der Waals surface area contributed by atoms with Gasteiger partial charge in [0, 0.05) is 24.5 Å². The molecule has 0 radical (unpaired) electrons. The molecular weight excluding hydrogens is 228 g/mol. The van der Waals surface area contributed by atoms with Gasteiger partial charge in [-0.15, -0.1) is 0 Å². The van der Waals surface area contributed by atoms with Crippen LogP contribution in [-0.4, -0.2) is 18.1 Å². The van der Waals surface area contributed by atoms with Gasteiger partial charge in [-0.05, 0) is 25.1 Å². The highest BCUT2D eigenvalue weighted by Gasteiger charge is 2.20. The summed E-state index contributed by atoms with van der Waals surface area (Å²) in [4.78, 5) is 3.09. The first-order valence-electron chi connectivity index (χ1n) is 4.90. The van der Waals surface area contributed by atoms with Crippen molar-refractivity contribution in [2.75, 3.05) is 17.3 Å². The van der Waals surface area contributed by atoms with Crippen LogP contribution in [0.5, 0.6) is 0 Å². The highest BCUT2D eigenvalue weighted by Crippen LogP contribution is 2.32. The van der Waals surface area contributed by atoms with Crippen LogP contribution in [0.3, 0.4) is 0 Å². The summed E-state index contributed by atoms with van der Waals surface area (Å²) in [6.45, 7) is 2.16. The number of fused-ring (bicyclic) bond motifs is 1. The minimum Gasteiger partial charge on any atom is -0.370 e. The fourth-order valence-corrected chi connectivity index (χ4v) is 2.26. The van der Waals surface area contributed by atoms with Gasteiger partial charge in [0.25, 0.3) is 0 Å². The lowest BCUT2D eigenvalue weighted by atomic mass is 10.2. The Hall–Kier alpha value is -0.800. The largest absolute Gasteiger partial charge is 0.370 e. The van der Waals surface area contributed by atoms with E-state index in [9.17, 15) is 0 Å². The molecule has 2 nitrogen and oxygen atoms in total. The highest BCUT2D eigenvalue weighted by atomic mass is 35.5. The molecule has 1 aliphatic heterocycles. The molecule has 4 heteroatoms. The normalized spacial score (nSPS) is 20.6. The average Bonchev–Trinajstić information content (AvgIpc) is 2.27. The topological polar surface area (TPSA) is 15.3 Å². The van der Waals surface area contributed by atoms with Crippen LogP contribution in [0, 0.1) is 0 Å². The molecule has 0 aliphatic carbocycles. The fourth-order valence-electron chi connectivity index (χ4n) is 1.75. The first kappa shape index (κ1) is 10.7. The molecule has 0 aromatic heterocycles. The molecular formula is C11H13ClN2S. The van der Waals surface area contributed by atoms with E-state index in [4.69, 9.17) is 23.8 Å². The van der Waals surface area contributed by atoms with Gasteiger partial charge in [0.1, 0.15) is 0 Å².